The maximum atomic E-state index is 13.8. The first-order valence-corrected chi connectivity index (χ1v) is 6.28. The molecule has 0 aromatic heterocycles. The Kier molecular flexibility index (Phi) is 4.17. The number of aliphatic hydroxyl groups excluding tert-OH is 1. The highest BCUT2D eigenvalue weighted by atomic mass is 19.1. The molecule has 0 atom stereocenters. The summed E-state index contributed by atoms with van der Waals surface area (Å²) in [5, 5.41) is 8.95. The zero-order valence-corrected chi connectivity index (χ0v) is 11.1. The van der Waals surface area contributed by atoms with E-state index in [1.165, 1.54) is 12.1 Å². The minimum atomic E-state index is -0.467. The van der Waals surface area contributed by atoms with Crippen LogP contribution >= 0.6 is 0 Å². The second-order valence-electron chi connectivity index (χ2n) is 4.72. The lowest BCUT2D eigenvalue weighted by Crippen LogP contribution is -1.96. The van der Waals surface area contributed by atoms with E-state index in [2.05, 4.69) is 13.8 Å². The van der Waals surface area contributed by atoms with Gasteiger partial charge < -0.3 is 9.84 Å². The summed E-state index contributed by atoms with van der Waals surface area (Å²) >= 11 is 0. The summed E-state index contributed by atoms with van der Waals surface area (Å²) in [5.74, 6) is 0.666. The van der Waals surface area contributed by atoms with E-state index in [0.717, 1.165) is 5.56 Å². The van der Waals surface area contributed by atoms with Crippen molar-refractivity contribution in [2.45, 2.75) is 26.4 Å². The molecule has 0 saturated heterocycles. The molecule has 19 heavy (non-hydrogen) atoms. The predicted octanol–water partition coefficient (Wildman–Crippen LogP) is 4.23. The molecule has 2 aromatic rings. The second kappa shape index (κ2) is 5.85. The highest BCUT2D eigenvalue weighted by molar-refractivity contribution is 5.40. The number of hydrogen-bond acceptors (Lipinski definition) is 2. The minimum Gasteiger partial charge on any atom is -0.454 e. The Labute approximate surface area is 112 Å². The van der Waals surface area contributed by atoms with Gasteiger partial charge in [0, 0.05) is 0 Å². The molecule has 0 saturated carbocycles. The van der Waals surface area contributed by atoms with Crippen LogP contribution in [0.4, 0.5) is 4.39 Å². The molecule has 1 N–H and O–H groups in total. The van der Waals surface area contributed by atoms with Crippen molar-refractivity contribution in [3.63, 3.8) is 0 Å². The van der Waals surface area contributed by atoms with Gasteiger partial charge >= 0.3 is 0 Å². The molecule has 0 spiro atoms. The van der Waals surface area contributed by atoms with Crippen LogP contribution in [0.3, 0.4) is 0 Å². The quantitative estimate of drug-likeness (QED) is 0.891. The first-order valence-electron chi connectivity index (χ1n) is 6.28. The molecule has 0 fully saturated rings. The molecule has 0 heterocycles. The van der Waals surface area contributed by atoms with Gasteiger partial charge in [-0.2, -0.15) is 0 Å². The molecule has 0 aliphatic rings. The molecular formula is C16H17FO2. The Bertz CT molecular complexity index is 564. The largest absolute Gasteiger partial charge is 0.454 e. The number of benzene rings is 2. The Balaban J connectivity index is 2.31. The monoisotopic (exact) mass is 260 g/mol. The normalized spacial score (nSPS) is 10.8. The van der Waals surface area contributed by atoms with Crippen molar-refractivity contribution < 1.29 is 14.2 Å². The number of para-hydroxylation sites is 1. The third kappa shape index (κ3) is 3.12. The van der Waals surface area contributed by atoms with E-state index in [1.54, 1.807) is 6.07 Å². The fourth-order valence-electron chi connectivity index (χ4n) is 1.89. The van der Waals surface area contributed by atoms with Crippen LogP contribution < -0.4 is 4.74 Å². The van der Waals surface area contributed by atoms with Gasteiger partial charge in [-0.1, -0.05) is 38.1 Å². The lowest BCUT2D eigenvalue weighted by atomic mass is 10.0. The minimum absolute atomic E-state index is 0.172. The topological polar surface area (TPSA) is 29.5 Å². The maximum Gasteiger partial charge on any atom is 0.166 e. The molecule has 0 aliphatic heterocycles. The molecule has 0 amide bonds. The van der Waals surface area contributed by atoms with E-state index in [4.69, 9.17) is 9.84 Å². The summed E-state index contributed by atoms with van der Waals surface area (Å²) in [6, 6.07) is 12.1. The van der Waals surface area contributed by atoms with Crippen LogP contribution in [0.15, 0.2) is 42.5 Å². The van der Waals surface area contributed by atoms with Crippen LogP contribution in [-0.2, 0) is 6.61 Å². The molecule has 100 valence electrons. The average molecular weight is 260 g/mol. The Hall–Kier alpha value is -1.87. The molecule has 0 unspecified atom stereocenters. The number of rotatable bonds is 4. The van der Waals surface area contributed by atoms with Crippen molar-refractivity contribution in [2.75, 3.05) is 0 Å². The zero-order valence-electron chi connectivity index (χ0n) is 11.1. The summed E-state index contributed by atoms with van der Waals surface area (Å²) in [7, 11) is 0. The summed E-state index contributed by atoms with van der Waals surface area (Å²) in [4.78, 5) is 0. The van der Waals surface area contributed by atoms with Crippen LogP contribution in [0.1, 0.15) is 30.9 Å². The number of hydrogen-bond donors (Lipinski definition) is 1. The van der Waals surface area contributed by atoms with Crippen molar-refractivity contribution in [1.82, 2.24) is 0 Å². The lowest BCUT2D eigenvalue weighted by molar-refractivity contribution is 0.281. The van der Waals surface area contributed by atoms with Gasteiger partial charge in [-0.05, 0) is 35.2 Å². The van der Waals surface area contributed by atoms with Crippen molar-refractivity contribution in [3.05, 3.63) is 59.4 Å². The van der Waals surface area contributed by atoms with Crippen LogP contribution in [0.5, 0.6) is 11.5 Å². The van der Waals surface area contributed by atoms with Crippen molar-refractivity contribution in [1.29, 1.82) is 0 Å². The second-order valence-corrected chi connectivity index (χ2v) is 4.72. The van der Waals surface area contributed by atoms with E-state index < -0.39 is 5.82 Å². The molecule has 0 aliphatic carbocycles. The van der Waals surface area contributed by atoms with Gasteiger partial charge in [0.25, 0.3) is 0 Å². The third-order valence-corrected chi connectivity index (χ3v) is 2.94. The number of aliphatic hydroxyl groups is 1. The first kappa shape index (κ1) is 13.6. The summed E-state index contributed by atoms with van der Waals surface area (Å²) in [5.41, 5.74) is 1.56. The Morgan fingerprint density at radius 2 is 1.84 bits per heavy atom. The van der Waals surface area contributed by atoms with Crippen LogP contribution in [0.2, 0.25) is 0 Å². The van der Waals surface area contributed by atoms with Crippen LogP contribution in [0, 0.1) is 5.82 Å². The van der Waals surface area contributed by atoms with Gasteiger partial charge in [0.05, 0.1) is 6.61 Å². The van der Waals surface area contributed by atoms with Crippen molar-refractivity contribution in [3.8, 4) is 11.5 Å². The van der Waals surface area contributed by atoms with Gasteiger partial charge in [-0.15, -0.1) is 0 Å². The standard InChI is InChI=1S/C16H17FO2/c1-11(2)13-5-3-4-6-15(13)19-16-8-7-12(10-18)9-14(16)17/h3-9,11,18H,10H2,1-2H3. The van der Waals surface area contributed by atoms with Gasteiger partial charge in [0.1, 0.15) is 5.75 Å². The van der Waals surface area contributed by atoms with E-state index in [-0.39, 0.29) is 12.4 Å². The maximum absolute atomic E-state index is 13.8. The van der Waals surface area contributed by atoms with Crippen molar-refractivity contribution in [2.24, 2.45) is 0 Å². The van der Waals surface area contributed by atoms with E-state index in [0.29, 0.717) is 17.2 Å². The van der Waals surface area contributed by atoms with Gasteiger partial charge in [-0.25, -0.2) is 4.39 Å². The van der Waals surface area contributed by atoms with Gasteiger partial charge in [0.15, 0.2) is 11.6 Å². The van der Waals surface area contributed by atoms with Crippen molar-refractivity contribution >= 4 is 0 Å². The zero-order chi connectivity index (χ0) is 13.8. The molecular weight excluding hydrogens is 243 g/mol. The number of halogens is 1. The third-order valence-electron chi connectivity index (χ3n) is 2.94. The predicted molar refractivity (Wildman–Crippen MR) is 72.9 cm³/mol. The molecule has 2 aromatic carbocycles. The average Bonchev–Trinajstić information content (AvgIpc) is 2.41. The van der Waals surface area contributed by atoms with E-state index >= 15 is 0 Å². The van der Waals surface area contributed by atoms with Gasteiger partial charge in [-0.3, -0.25) is 0 Å². The highest BCUT2D eigenvalue weighted by Crippen LogP contribution is 2.31. The van der Waals surface area contributed by atoms with Crippen LogP contribution in [-0.4, -0.2) is 5.11 Å². The molecule has 3 heteroatoms. The smallest absolute Gasteiger partial charge is 0.166 e. The van der Waals surface area contributed by atoms with E-state index in [1.807, 2.05) is 24.3 Å². The fraction of sp³-hybridized carbons (Fsp3) is 0.250. The summed E-state index contributed by atoms with van der Waals surface area (Å²) in [6.45, 7) is 3.95. The SMILES string of the molecule is CC(C)c1ccccc1Oc1ccc(CO)cc1F. The van der Waals surface area contributed by atoms with Gasteiger partial charge in [0.2, 0.25) is 0 Å². The molecule has 0 radical (unpaired) electrons. The van der Waals surface area contributed by atoms with E-state index in [9.17, 15) is 4.39 Å². The molecule has 0 bridgehead atoms. The lowest BCUT2D eigenvalue weighted by Gasteiger charge is -2.14. The fourth-order valence-corrected chi connectivity index (χ4v) is 1.89. The first-order chi connectivity index (χ1) is 9.11. The number of ether oxygens (including phenoxy) is 1. The highest BCUT2D eigenvalue weighted by Gasteiger charge is 2.10. The Morgan fingerprint density at radius 3 is 2.47 bits per heavy atom. The summed E-state index contributed by atoms with van der Waals surface area (Å²) < 4.78 is 19.5. The molecule has 2 rings (SSSR count). The Morgan fingerprint density at radius 1 is 1.11 bits per heavy atom. The summed E-state index contributed by atoms with van der Waals surface area (Å²) in [6.07, 6.45) is 0. The van der Waals surface area contributed by atoms with Crippen LogP contribution in [0.25, 0.3) is 0 Å². The molecule has 2 nitrogen and oxygen atoms in total.